The zero-order chi connectivity index (χ0) is 18.8. The lowest BCUT2D eigenvalue weighted by Gasteiger charge is -2.48. The maximum Gasteiger partial charge on any atom is 0.256 e. The lowest BCUT2D eigenvalue weighted by molar-refractivity contribution is -0.141. The highest BCUT2D eigenvalue weighted by Gasteiger charge is 2.41. The van der Waals surface area contributed by atoms with Crippen LogP contribution in [-0.2, 0) is 4.79 Å². The van der Waals surface area contributed by atoms with Crippen molar-refractivity contribution in [2.45, 2.75) is 57.4 Å². The van der Waals surface area contributed by atoms with Gasteiger partial charge in [0, 0.05) is 32.1 Å². The van der Waals surface area contributed by atoms with E-state index in [2.05, 4.69) is 4.90 Å². The van der Waals surface area contributed by atoms with Crippen LogP contribution < -0.4 is 0 Å². The molecule has 2 heterocycles. The molecule has 2 aliphatic heterocycles. The smallest absolute Gasteiger partial charge is 0.256 e. The second kappa shape index (κ2) is 7.99. The highest BCUT2D eigenvalue weighted by molar-refractivity contribution is 5.94. The molecule has 3 fully saturated rings. The fourth-order valence-electron chi connectivity index (χ4n) is 5.23. The van der Waals surface area contributed by atoms with Gasteiger partial charge >= 0.3 is 0 Å². The van der Waals surface area contributed by atoms with Crippen LogP contribution in [-0.4, -0.2) is 47.3 Å². The van der Waals surface area contributed by atoms with Crippen molar-refractivity contribution in [1.82, 2.24) is 9.80 Å². The van der Waals surface area contributed by atoms with Crippen molar-refractivity contribution in [1.29, 1.82) is 0 Å². The molecule has 0 unspecified atom stereocenters. The number of likely N-dealkylation sites (tertiary alicyclic amines) is 2. The van der Waals surface area contributed by atoms with Crippen LogP contribution in [0.4, 0.5) is 4.39 Å². The summed E-state index contributed by atoms with van der Waals surface area (Å²) >= 11 is 0. The second-order valence-corrected chi connectivity index (χ2v) is 8.44. The Bertz CT molecular complexity index is 701. The highest BCUT2D eigenvalue weighted by Crippen LogP contribution is 2.34. The molecule has 2 amide bonds. The summed E-state index contributed by atoms with van der Waals surface area (Å²) in [6.45, 7) is 2.12. The Morgan fingerprint density at radius 1 is 1.07 bits per heavy atom. The third-order valence-corrected chi connectivity index (χ3v) is 6.71. The van der Waals surface area contributed by atoms with Gasteiger partial charge in [-0.3, -0.25) is 9.59 Å². The molecule has 4 nitrogen and oxygen atoms in total. The maximum absolute atomic E-state index is 14.0. The van der Waals surface area contributed by atoms with Crippen LogP contribution in [0.2, 0.25) is 0 Å². The Balaban J connectivity index is 1.43. The number of carbonyl (C=O) groups excluding carboxylic acids is 2. The Morgan fingerprint density at radius 2 is 1.85 bits per heavy atom. The number of amides is 2. The van der Waals surface area contributed by atoms with Crippen molar-refractivity contribution in [3.63, 3.8) is 0 Å². The molecule has 5 heteroatoms. The first kappa shape index (κ1) is 18.5. The van der Waals surface area contributed by atoms with E-state index in [1.165, 1.54) is 38.2 Å². The highest BCUT2D eigenvalue weighted by atomic mass is 19.1. The van der Waals surface area contributed by atoms with Gasteiger partial charge < -0.3 is 9.80 Å². The third-order valence-electron chi connectivity index (χ3n) is 6.71. The summed E-state index contributed by atoms with van der Waals surface area (Å²) in [7, 11) is 0. The van der Waals surface area contributed by atoms with Crippen molar-refractivity contribution in [3.8, 4) is 0 Å². The molecule has 1 aliphatic carbocycles. The Hall–Kier alpha value is -1.91. The molecule has 3 aliphatic rings. The third kappa shape index (κ3) is 3.87. The van der Waals surface area contributed by atoms with Gasteiger partial charge in [-0.1, -0.05) is 31.4 Å². The van der Waals surface area contributed by atoms with Crippen LogP contribution in [0.3, 0.4) is 0 Å². The minimum Gasteiger partial charge on any atom is -0.339 e. The van der Waals surface area contributed by atoms with E-state index in [-0.39, 0.29) is 23.4 Å². The average molecular weight is 372 g/mol. The molecule has 2 saturated heterocycles. The van der Waals surface area contributed by atoms with E-state index in [1.807, 2.05) is 0 Å². The fraction of sp³-hybridized carbons (Fsp3) is 0.636. The minimum absolute atomic E-state index is 0.155. The maximum atomic E-state index is 14.0. The minimum atomic E-state index is -0.456. The first-order valence-corrected chi connectivity index (χ1v) is 10.5. The van der Waals surface area contributed by atoms with Gasteiger partial charge in [0.2, 0.25) is 5.91 Å². The molecule has 1 saturated carbocycles. The number of hydrogen-bond acceptors (Lipinski definition) is 2. The molecule has 0 radical (unpaired) electrons. The van der Waals surface area contributed by atoms with E-state index in [0.29, 0.717) is 31.3 Å². The molecule has 1 aromatic rings. The molecule has 0 bridgehead atoms. The number of hydrogen-bond donors (Lipinski definition) is 0. The van der Waals surface area contributed by atoms with Crippen LogP contribution >= 0.6 is 0 Å². The monoisotopic (exact) mass is 372 g/mol. The summed E-state index contributed by atoms with van der Waals surface area (Å²) in [5.41, 5.74) is 0.155. The quantitative estimate of drug-likeness (QED) is 0.808. The van der Waals surface area contributed by atoms with Crippen LogP contribution in [0.5, 0.6) is 0 Å². The number of benzene rings is 1. The van der Waals surface area contributed by atoms with Gasteiger partial charge in [-0.25, -0.2) is 4.39 Å². The molecule has 0 N–H and O–H groups in total. The van der Waals surface area contributed by atoms with Gasteiger partial charge in [0.25, 0.3) is 5.91 Å². The van der Waals surface area contributed by atoms with Gasteiger partial charge in [0.05, 0.1) is 5.56 Å². The lowest BCUT2D eigenvalue weighted by atomic mass is 9.81. The standard InChI is InChI=1S/C22H29FN2O2/c23-19-9-5-4-8-18(19)22(27)24-13-12-20-17(15-24)10-11-21(26)25(20)14-16-6-2-1-3-7-16/h4-5,8-9,16-17,20H,1-3,6-7,10-15H2/t17-,20+/m1/s1. The number of carbonyl (C=O) groups is 2. The molecule has 1 aromatic carbocycles. The molecule has 27 heavy (non-hydrogen) atoms. The normalized spacial score (nSPS) is 26.8. The fourth-order valence-corrected chi connectivity index (χ4v) is 5.23. The van der Waals surface area contributed by atoms with E-state index in [1.54, 1.807) is 23.1 Å². The van der Waals surface area contributed by atoms with Gasteiger partial charge in [0.15, 0.2) is 0 Å². The van der Waals surface area contributed by atoms with Crippen molar-refractivity contribution >= 4 is 11.8 Å². The van der Waals surface area contributed by atoms with Crippen molar-refractivity contribution in [3.05, 3.63) is 35.6 Å². The van der Waals surface area contributed by atoms with Crippen LogP contribution in [0.15, 0.2) is 24.3 Å². The van der Waals surface area contributed by atoms with Crippen LogP contribution in [0.1, 0.15) is 61.7 Å². The Morgan fingerprint density at radius 3 is 2.63 bits per heavy atom. The number of fused-ring (bicyclic) bond motifs is 1. The predicted octanol–water partition coefficient (Wildman–Crippen LogP) is 3.86. The molecule has 4 rings (SSSR count). The summed E-state index contributed by atoms with van der Waals surface area (Å²) in [5.74, 6) is 0.565. The van der Waals surface area contributed by atoms with E-state index in [4.69, 9.17) is 0 Å². The first-order chi connectivity index (χ1) is 13.1. The summed E-state index contributed by atoms with van der Waals surface area (Å²) in [6, 6.07) is 6.45. The topological polar surface area (TPSA) is 40.6 Å². The number of piperidine rings is 2. The Kier molecular flexibility index (Phi) is 5.46. The molecule has 0 spiro atoms. The zero-order valence-corrected chi connectivity index (χ0v) is 15.9. The van der Waals surface area contributed by atoms with Crippen molar-refractivity contribution in [2.24, 2.45) is 11.8 Å². The number of halogens is 1. The molecule has 0 aromatic heterocycles. The van der Waals surface area contributed by atoms with Crippen LogP contribution in [0, 0.1) is 17.7 Å². The molecule has 146 valence electrons. The number of nitrogens with zero attached hydrogens (tertiary/aromatic N) is 2. The summed E-state index contributed by atoms with van der Waals surface area (Å²) in [4.78, 5) is 29.3. The van der Waals surface area contributed by atoms with Crippen LogP contribution in [0.25, 0.3) is 0 Å². The Labute approximate surface area is 160 Å². The van der Waals surface area contributed by atoms with E-state index in [9.17, 15) is 14.0 Å². The average Bonchev–Trinajstić information content (AvgIpc) is 2.70. The van der Waals surface area contributed by atoms with E-state index >= 15 is 0 Å². The van der Waals surface area contributed by atoms with Gasteiger partial charge in [0.1, 0.15) is 5.82 Å². The summed E-state index contributed by atoms with van der Waals surface area (Å²) in [5, 5.41) is 0. The lowest BCUT2D eigenvalue weighted by Crippen LogP contribution is -2.57. The van der Waals surface area contributed by atoms with Crippen molar-refractivity contribution in [2.75, 3.05) is 19.6 Å². The summed E-state index contributed by atoms with van der Waals surface area (Å²) < 4.78 is 14.0. The van der Waals surface area contributed by atoms with Gasteiger partial charge in [-0.05, 0) is 49.7 Å². The second-order valence-electron chi connectivity index (χ2n) is 8.44. The predicted molar refractivity (Wildman–Crippen MR) is 102 cm³/mol. The van der Waals surface area contributed by atoms with Gasteiger partial charge in [-0.15, -0.1) is 0 Å². The molecular formula is C22H29FN2O2. The SMILES string of the molecule is O=C(c1ccccc1F)N1CC[C@H]2[C@H](CCC(=O)N2CC2CCCCC2)C1. The van der Waals surface area contributed by atoms with Gasteiger partial charge in [-0.2, -0.15) is 0 Å². The molecular weight excluding hydrogens is 343 g/mol. The summed E-state index contributed by atoms with van der Waals surface area (Å²) in [6.07, 6.45) is 8.59. The number of rotatable bonds is 3. The molecule has 2 atom stereocenters. The first-order valence-electron chi connectivity index (χ1n) is 10.5. The van der Waals surface area contributed by atoms with Crippen molar-refractivity contribution < 1.29 is 14.0 Å². The zero-order valence-electron chi connectivity index (χ0n) is 15.9. The largest absolute Gasteiger partial charge is 0.339 e. The van der Waals surface area contributed by atoms with E-state index < -0.39 is 5.82 Å². The van der Waals surface area contributed by atoms with E-state index in [0.717, 1.165) is 19.4 Å².